The molecule has 4 bridgehead atoms. The average molecular weight is 201 g/mol. The highest BCUT2D eigenvalue weighted by Gasteiger charge is 2.59. The molecule has 0 spiro atoms. The monoisotopic (exact) mass is 200 g/mol. The maximum atomic E-state index is 10.3. The van der Waals surface area contributed by atoms with Crippen LogP contribution in [0.2, 0.25) is 0 Å². The molecular formula is C11H17ClO. The van der Waals surface area contributed by atoms with Crippen molar-refractivity contribution in [1.82, 2.24) is 0 Å². The molecular weight excluding hydrogens is 184 g/mol. The van der Waals surface area contributed by atoms with Crippen LogP contribution in [0.15, 0.2) is 0 Å². The lowest BCUT2D eigenvalue weighted by Gasteiger charge is -2.60. The van der Waals surface area contributed by atoms with Gasteiger partial charge in [-0.05, 0) is 56.8 Å². The number of halogens is 1. The van der Waals surface area contributed by atoms with E-state index in [2.05, 4.69) is 0 Å². The van der Waals surface area contributed by atoms with Gasteiger partial charge in [-0.2, -0.15) is 0 Å². The summed E-state index contributed by atoms with van der Waals surface area (Å²) in [5, 5.41) is 10.3. The van der Waals surface area contributed by atoms with Crippen LogP contribution in [0.25, 0.3) is 0 Å². The van der Waals surface area contributed by atoms with Crippen molar-refractivity contribution in [3.8, 4) is 0 Å². The van der Waals surface area contributed by atoms with E-state index in [1.54, 1.807) is 0 Å². The van der Waals surface area contributed by atoms with Gasteiger partial charge in [0.15, 0.2) is 0 Å². The third kappa shape index (κ3) is 1.04. The summed E-state index contributed by atoms with van der Waals surface area (Å²) >= 11 is 6.55. The molecule has 0 aromatic carbocycles. The molecule has 3 unspecified atom stereocenters. The van der Waals surface area contributed by atoms with Crippen molar-refractivity contribution in [2.75, 3.05) is 0 Å². The van der Waals surface area contributed by atoms with E-state index in [1.165, 1.54) is 19.3 Å². The summed E-state index contributed by atoms with van der Waals surface area (Å²) in [6, 6.07) is 0. The van der Waals surface area contributed by atoms with Crippen LogP contribution >= 0.6 is 11.6 Å². The molecule has 0 aromatic rings. The number of alkyl halides is 1. The highest BCUT2D eigenvalue weighted by Crippen LogP contribution is 2.61. The summed E-state index contributed by atoms with van der Waals surface area (Å²) in [5.74, 6) is 1.78. The van der Waals surface area contributed by atoms with Crippen molar-refractivity contribution in [2.24, 2.45) is 17.8 Å². The predicted molar refractivity (Wildman–Crippen MR) is 52.8 cm³/mol. The highest BCUT2D eigenvalue weighted by molar-refractivity contribution is 6.24. The Morgan fingerprint density at radius 3 is 2.15 bits per heavy atom. The molecule has 1 N–H and O–H groups in total. The van der Waals surface area contributed by atoms with Crippen molar-refractivity contribution < 1.29 is 5.11 Å². The first-order valence-electron chi connectivity index (χ1n) is 5.41. The highest BCUT2D eigenvalue weighted by atomic mass is 35.5. The van der Waals surface area contributed by atoms with Crippen LogP contribution < -0.4 is 0 Å². The molecule has 0 heterocycles. The topological polar surface area (TPSA) is 20.2 Å². The molecule has 74 valence electrons. The predicted octanol–water partition coefficient (Wildman–Crippen LogP) is 2.55. The molecule has 4 fully saturated rings. The van der Waals surface area contributed by atoms with Crippen molar-refractivity contribution in [3.05, 3.63) is 0 Å². The molecule has 2 heteroatoms. The maximum Gasteiger partial charge on any atom is 0.0677 e. The summed E-state index contributed by atoms with van der Waals surface area (Å²) in [6.07, 6.45) is 5.75. The van der Waals surface area contributed by atoms with Gasteiger partial charge in [-0.25, -0.2) is 0 Å². The second-order valence-corrected chi connectivity index (χ2v) is 6.52. The van der Waals surface area contributed by atoms with E-state index in [4.69, 9.17) is 11.6 Å². The van der Waals surface area contributed by atoms with Crippen LogP contribution in [0.5, 0.6) is 0 Å². The molecule has 0 radical (unpaired) electrons. The number of hydrogen-bond donors (Lipinski definition) is 1. The lowest BCUT2D eigenvalue weighted by atomic mass is 9.50. The fourth-order valence-electron chi connectivity index (χ4n) is 4.11. The molecule has 5 atom stereocenters. The first-order valence-corrected chi connectivity index (χ1v) is 5.79. The number of aliphatic hydroxyl groups is 1. The van der Waals surface area contributed by atoms with Crippen molar-refractivity contribution in [3.63, 3.8) is 0 Å². The van der Waals surface area contributed by atoms with Gasteiger partial charge in [0, 0.05) is 4.87 Å². The van der Waals surface area contributed by atoms with E-state index in [-0.39, 0.29) is 4.87 Å². The van der Waals surface area contributed by atoms with E-state index >= 15 is 0 Å². The molecule has 0 amide bonds. The zero-order chi connectivity index (χ0) is 9.27. The summed E-state index contributed by atoms with van der Waals surface area (Å²) in [4.78, 5) is 0.0682. The second kappa shape index (κ2) is 2.25. The molecule has 4 rings (SSSR count). The fourth-order valence-corrected chi connectivity index (χ4v) is 4.70. The quantitative estimate of drug-likeness (QED) is 0.596. The Kier molecular flexibility index (Phi) is 1.48. The average Bonchev–Trinajstić information content (AvgIpc) is 1.97. The van der Waals surface area contributed by atoms with Crippen molar-refractivity contribution in [1.29, 1.82) is 0 Å². The van der Waals surface area contributed by atoms with Crippen LogP contribution in [0.1, 0.15) is 39.0 Å². The summed E-state index contributed by atoms with van der Waals surface area (Å²) in [7, 11) is 0. The van der Waals surface area contributed by atoms with Gasteiger partial charge in [-0.15, -0.1) is 11.6 Å². The van der Waals surface area contributed by atoms with E-state index < -0.39 is 5.60 Å². The molecule has 13 heavy (non-hydrogen) atoms. The molecule has 0 aliphatic heterocycles. The molecule has 1 nitrogen and oxygen atoms in total. The first-order chi connectivity index (χ1) is 6.00. The van der Waals surface area contributed by atoms with E-state index in [0.29, 0.717) is 11.8 Å². The Morgan fingerprint density at radius 2 is 1.69 bits per heavy atom. The summed E-state index contributed by atoms with van der Waals surface area (Å²) in [6.45, 7) is 2.03. The minimum absolute atomic E-state index is 0.0682. The van der Waals surface area contributed by atoms with Crippen molar-refractivity contribution >= 4 is 11.6 Å². The second-order valence-electron chi connectivity index (χ2n) is 5.72. The molecule has 0 aromatic heterocycles. The van der Waals surface area contributed by atoms with E-state index in [1.807, 2.05) is 6.92 Å². The van der Waals surface area contributed by atoms with Gasteiger partial charge < -0.3 is 5.11 Å². The molecule has 4 aliphatic carbocycles. The van der Waals surface area contributed by atoms with Gasteiger partial charge in [0.1, 0.15) is 0 Å². The maximum absolute atomic E-state index is 10.3. The largest absolute Gasteiger partial charge is 0.390 e. The Balaban J connectivity index is 1.99. The van der Waals surface area contributed by atoms with Crippen LogP contribution in [0.3, 0.4) is 0 Å². The third-order valence-corrected chi connectivity index (χ3v) is 5.23. The molecule has 4 aliphatic rings. The van der Waals surface area contributed by atoms with E-state index in [9.17, 15) is 5.11 Å². The lowest BCUT2D eigenvalue weighted by Crippen LogP contribution is -2.60. The number of rotatable bonds is 0. The fraction of sp³-hybridized carbons (Fsp3) is 1.00. The standard InChI is InChI=1S/C11H17ClO/c1-10(13)8-2-7-3-9(10)6-11(12,4-7)5-8/h7-9,13H,2-6H2,1H3/t7?,8-,9+,10?,11?. The first kappa shape index (κ1) is 8.55. The Bertz CT molecular complexity index is 230. The Morgan fingerprint density at radius 1 is 1.15 bits per heavy atom. The van der Waals surface area contributed by atoms with Crippen LogP contribution in [0, 0.1) is 17.8 Å². The van der Waals surface area contributed by atoms with Gasteiger partial charge in [-0.3, -0.25) is 0 Å². The van der Waals surface area contributed by atoms with Gasteiger partial charge in [-0.1, -0.05) is 0 Å². The smallest absolute Gasteiger partial charge is 0.0677 e. The van der Waals surface area contributed by atoms with E-state index in [0.717, 1.165) is 18.8 Å². The normalized spacial score (nSPS) is 64.4. The Labute approximate surface area is 84.5 Å². The van der Waals surface area contributed by atoms with Crippen LogP contribution in [-0.4, -0.2) is 15.6 Å². The van der Waals surface area contributed by atoms with Gasteiger partial charge >= 0.3 is 0 Å². The minimum atomic E-state index is -0.407. The third-order valence-electron chi connectivity index (χ3n) is 4.77. The Hall–Kier alpha value is 0.250. The van der Waals surface area contributed by atoms with Crippen molar-refractivity contribution in [2.45, 2.75) is 49.5 Å². The van der Waals surface area contributed by atoms with Crippen LogP contribution in [-0.2, 0) is 0 Å². The van der Waals surface area contributed by atoms with Gasteiger partial charge in [0.2, 0.25) is 0 Å². The summed E-state index contributed by atoms with van der Waals surface area (Å²) < 4.78 is 0. The zero-order valence-corrected chi connectivity index (χ0v) is 8.85. The SMILES string of the molecule is CC1(O)[C@@H]2CC3C[C@H]1CC(Cl)(C3)C2. The molecule has 0 saturated heterocycles. The minimum Gasteiger partial charge on any atom is -0.390 e. The number of hydrogen-bond acceptors (Lipinski definition) is 1. The molecule has 4 saturated carbocycles. The van der Waals surface area contributed by atoms with Gasteiger partial charge in [0.05, 0.1) is 5.60 Å². The van der Waals surface area contributed by atoms with Crippen LogP contribution in [0.4, 0.5) is 0 Å². The zero-order valence-electron chi connectivity index (χ0n) is 8.09. The van der Waals surface area contributed by atoms with Gasteiger partial charge in [0.25, 0.3) is 0 Å². The lowest BCUT2D eigenvalue weighted by molar-refractivity contribution is -0.154. The summed E-state index contributed by atoms with van der Waals surface area (Å²) in [5.41, 5.74) is -0.407.